The number of rotatable bonds is 3. The highest BCUT2D eigenvalue weighted by atomic mass is 16.3. The molecule has 25 heavy (non-hydrogen) atoms. The van der Waals surface area contributed by atoms with Crippen molar-refractivity contribution >= 4 is 22.7 Å². The molecule has 0 unspecified atom stereocenters. The maximum absolute atomic E-state index is 12.4. The first-order chi connectivity index (χ1) is 12.2. The number of phenols is 1. The van der Waals surface area contributed by atoms with E-state index in [2.05, 4.69) is 10.3 Å². The van der Waals surface area contributed by atoms with Crippen molar-refractivity contribution in [2.45, 2.75) is 0 Å². The average molecular weight is 330 g/mol. The van der Waals surface area contributed by atoms with E-state index in [1.54, 1.807) is 36.4 Å². The SMILES string of the molecule is O=C(Nc1ccc(-c2cccc(O)c2)cc1)c1ccc2ocnc2c1. The number of fused-ring (bicyclic) bond motifs is 1. The summed E-state index contributed by atoms with van der Waals surface area (Å²) in [5, 5.41) is 12.4. The second kappa shape index (κ2) is 6.13. The summed E-state index contributed by atoms with van der Waals surface area (Å²) in [7, 11) is 0. The highest BCUT2D eigenvalue weighted by molar-refractivity contribution is 6.05. The molecule has 0 bridgehead atoms. The number of carbonyl (C=O) groups is 1. The fourth-order valence-electron chi connectivity index (χ4n) is 2.63. The van der Waals surface area contributed by atoms with E-state index in [1.807, 2.05) is 30.3 Å². The zero-order valence-corrected chi connectivity index (χ0v) is 13.1. The van der Waals surface area contributed by atoms with Crippen LogP contribution in [0.2, 0.25) is 0 Å². The molecule has 1 amide bonds. The molecule has 0 atom stereocenters. The number of amides is 1. The number of aromatic nitrogens is 1. The number of phenolic OH excluding ortho intramolecular Hbond substituents is 1. The number of aromatic hydroxyl groups is 1. The lowest BCUT2D eigenvalue weighted by molar-refractivity contribution is 0.102. The van der Waals surface area contributed by atoms with Crippen molar-refractivity contribution in [3.63, 3.8) is 0 Å². The van der Waals surface area contributed by atoms with Crippen molar-refractivity contribution < 1.29 is 14.3 Å². The quantitative estimate of drug-likeness (QED) is 0.582. The van der Waals surface area contributed by atoms with Crippen LogP contribution in [0, 0.1) is 0 Å². The molecule has 0 aliphatic carbocycles. The number of carbonyl (C=O) groups excluding carboxylic acids is 1. The lowest BCUT2D eigenvalue weighted by atomic mass is 10.1. The molecule has 4 rings (SSSR count). The van der Waals surface area contributed by atoms with Crippen molar-refractivity contribution in [1.29, 1.82) is 0 Å². The topological polar surface area (TPSA) is 75.4 Å². The number of nitrogens with zero attached hydrogens (tertiary/aromatic N) is 1. The molecule has 0 aliphatic heterocycles. The summed E-state index contributed by atoms with van der Waals surface area (Å²) >= 11 is 0. The van der Waals surface area contributed by atoms with Crippen LogP contribution < -0.4 is 5.32 Å². The zero-order chi connectivity index (χ0) is 17.2. The Morgan fingerprint density at radius 1 is 0.960 bits per heavy atom. The Hall–Kier alpha value is -3.60. The Morgan fingerprint density at radius 3 is 2.60 bits per heavy atom. The molecule has 3 aromatic carbocycles. The summed E-state index contributed by atoms with van der Waals surface area (Å²) in [4.78, 5) is 16.4. The van der Waals surface area contributed by atoms with E-state index in [4.69, 9.17) is 4.42 Å². The minimum Gasteiger partial charge on any atom is -0.508 e. The molecule has 0 aliphatic rings. The van der Waals surface area contributed by atoms with Gasteiger partial charge in [-0.1, -0.05) is 24.3 Å². The van der Waals surface area contributed by atoms with Crippen LogP contribution in [-0.2, 0) is 0 Å². The molecule has 0 fully saturated rings. The van der Waals surface area contributed by atoms with Gasteiger partial charge in [-0.05, 0) is 53.6 Å². The fraction of sp³-hybridized carbons (Fsp3) is 0. The third kappa shape index (κ3) is 3.07. The van der Waals surface area contributed by atoms with Crippen LogP contribution in [0.4, 0.5) is 5.69 Å². The Bertz CT molecular complexity index is 1050. The maximum Gasteiger partial charge on any atom is 0.255 e. The lowest BCUT2D eigenvalue weighted by Gasteiger charge is -2.07. The van der Waals surface area contributed by atoms with Crippen LogP contribution in [0.25, 0.3) is 22.2 Å². The summed E-state index contributed by atoms with van der Waals surface area (Å²) in [6, 6.07) is 19.6. The molecule has 1 aromatic heterocycles. The minimum absolute atomic E-state index is 0.213. The predicted octanol–water partition coefficient (Wildman–Crippen LogP) is 4.45. The van der Waals surface area contributed by atoms with Crippen molar-refractivity contribution in [2.75, 3.05) is 5.32 Å². The van der Waals surface area contributed by atoms with Gasteiger partial charge in [-0.3, -0.25) is 4.79 Å². The van der Waals surface area contributed by atoms with Gasteiger partial charge in [0, 0.05) is 11.3 Å². The third-order valence-corrected chi connectivity index (χ3v) is 3.91. The lowest BCUT2D eigenvalue weighted by Crippen LogP contribution is -2.11. The molecule has 0 radical (unpaired) electrons. The molecule has 5 nitrogen and oxygen atoms in total. The van der Waals surface area contributed by atoms with Crippen LogP contribution in [-0.4, -0.2) is 16.0 Å². The first-order valence-corrected chi connectivity index (χ1v) is 7.73. The van der Waals surface area contributed by atoms with Crippen LogP contribution in [0.5, 0.6) is 5.75 Å². The van der Waals surface area contributed by atoms with Crippen LogP contribution in [0.15, 0.2) is 77.5 Å². The fourth-order valence-corrected chi connectivity index (χ4v) is 2.63. The number of hydrogen-bond acceptors (Lipinski definition) is 4. The van der Waals surface area contributed by atoms with E-state index in [-0.39, 0.29) is 11.7 Å². The second-order valence-electron chi connectivity index (χ2n) is 5.62. The molecule has 0 saturated heterocycles. The van der Waals surface area contributed by atoms with Gasteiger partial charge < -0.3 is 14.8 Å². The van der Waals surface area contributed by atoms with Gasteiger partial charge in [0.15, 0.2) is 12.0 Å². The Morgan fingerprint density at radius 2 is 1.80 bits per heavy atom. The van der Waals surface area contributed by atoms with Crippen molar-refractivity contribution in [1.82, 2.24) is 4.98 Å². The summed E-state index contributed by atoms with van der Waals surface area (Å²) < 4.78 is 5.17. The Kier molecular flexibility index (Phi) is 3.67. The Labute approximate surface area is 143 Å². The van der Waals surface area contributed by atoms with Gasteiger partial charge in [0.1, 0.15) is 11.3 Å². The largest absolute Gasteiger partial charge is 0.508 e. The summed E-state index contributed by atoms with van der Waals surface area (Å²) in [6.07, 6.45) is 1.35. The van der Waals surface area contributed by atoms with Gasteiger partial charge in [0.05, 0.1) is 0 Å². The Balaban J connectivity index is 1.53. The van der Waals surface area contributed by atoms with Gasteiger partial charge in [0.2, 0.25) is 0 Å². The average Bonchev–Trinajstić information content (AvgIpc) is 3.10. The number of oxazole rings is 1. The van der Waals surface area contributed by atoms with E-state index in [9.17, 15) is 9.90 Å². The summed E-state index contributed by atoms with van der Waals surface area (Å²) in [6.45, 7) is 0. The van der Waals surface area contributed by atoms with E-state index in [0.717, 1.165) is 11.1 Å². The zero-order valence-electron chi connectivity index (χ0n) is 13.1. The van der Waals surface area contributed by atoms with Crippen LogP contribution in [0.3, 0.4) is 0 Å². The molecule has 1 heterocycles. The normalized spacial score (nSPS) is 10.7. The summed E-state index contributed by atoms with van der Waals surface area (Å²) in [5.41, 5.74) is 4.36. The monoisotopic (exact) mass is 330 g/mol. The summed E-state index contributed by atoms with van der Waals surface area (Å²) in [5.74, 6) is 0.00753. The van der Waals surface area contributed by atoms with Gasteiger partial charge in [0.25, 0.3) is 5.91 Å². The standard InChI is InChI=1S/C20H14N2O3/c23-17-3-1-2-14(10-17)13-4-7-16(8-5-13)22-20(24)15-6-9-19-18(11-15)21-12-25-19/h1-12,23H,(H,22,24). The predicted molar refractivity (Wildman–Crippen MR) is 95.5 cm³/mol. The number of nitrogens with one attached hydrogen (secondary N) is 1. The number of hydrogen-bond donors (Lipinski definition) is 2. The van der Waals surface area contributed by atoms with Gasteiger partial charge in [-0.2, -0.15) is 0 Å². The van der Waals surface area contributed by atoms with Gasteiger partial charge >= 0.3 is 0 Å². The second-order valence-corrected chi connectivity index (χ2v) is 5.62. The van der Waals surface area contributed by atoms with E-state index < -0.39 is 0 Å². The first-order valence-electron chi connectivity index (χ1n) is 7.73. The number of benzene rings is 3. The molecule has 122 valence electrons. The first kappa shape index (κ1) is 15.0. The highest BCUT2D eigenvalue weighted by Crippen LogP contribution is 2.25. The third-order valence-electron chi connectivity index (χ3n) is 3.91. The maximum atomic E-state index is 12.4. The number of anilines is 1. The van der Waals surface area contributed by atoms with Gasteiger partial charge in [-0.25, -0.2) is 4.98 Å². The van der Waals surface area contributed by atoms with E-state index >= 15 is 0 Å². The molecular weight excluding hydrogens is 316 g/mol. The molecule has 4 aromatic rings. The van der Waals surface area contributed by atoms with E-state index in [0.29, 0.717) is 22.4 Å². The van der Waals surface area contributed by atoms with Crippen molar-refractivity contribution in [2.24, 2.45) is 0 Å². The highest BCUT2D eigenvalue weighted by Gasteiger charge is 2.09. The van der Waals surface area contributed by atoms with Crippen molar-refractivity contribution in [3.8, 4) is 16.9 Å². The molecular formula is C20H14N2O3. The minimum atomic E-state index is -0.213. The van der Waals surface area contributed by atoms with Crippen LogP contribution in [0.1, 0.15) is 10.4 Å². The smallest absolute Gasteiger partial charge is 0.255 e. The molecule has 2 N–H and O–H groups in total. The van der Waals surface area contributed by atoms with E-state index in [1.165, 1.54) is 6.39 Å². The molecule has 0 saturated carbocycles. The van der Waals surface area contributed by atoms with Crippen molar-refractivity contribution in [3.05, 3.63) is 78.7 Å². The van der Waals surface area contributed by atoms with Crippen LogP contribution >= 0.6 is 0 Å². The molecule has 5 heteroatoms. The molecule has 0 spiro atoms. The van der Waals surface area contributed by atoms with Gasteiger partial charge in [-0.15, -0.1) is 0 Å².